The highest BCUT2D eigenvalue weighted by atomic mass is 35.5. The number of carbonyl (C=O) groups is 4. The van der Waals surface area contributed by atoms with Crippen LogP contribution in [0, 0.1) is 17.3 Å². The Hall–Kier alpha value is -11.3. The molecule has 0 saturated carbocycles. The van der Waals surface area contributed by atoms with E-state index in [2.05, 4.69) is 137 Å². The topological polar surface area (TPSA) is 234 Å². The summed E-state index contributed by atoms with van der Waals surface area (Å²) in [6, 6.07) is 61.7. The molecule has 6 unspecified atom stereocenters. The van der Waals surface area contributed by atoms with Crippen LogP contribution in [-0.4, -0.2) is 261 Å². The van der Waals surface area contributed by atoms with Gasteiger partial charge in [0.05, 0.1) is 46.2 Å². The number of halogens is 5. The van der Waals surface area contributed by atoms with Crippen molar-refractivity contribution in [3.05, 3.63) is 287 Å². The fraction of sp³-hybridized carbons (Fsp3) is 0.431. The lowest BCUT2D eigenvalue weighted by atomic mass is 9.92. The van der Waals surface area contributed by atoms with Gasteiger partial charge in [-0.25, -0.2) is 19.2 Å². The first-order chi connectivity index (χ1) is 70.7. The van der Waals surface area contributed by atoms with Crippen molar-refractivity contribution in [3.63, 3.8) is 0 Å². The Morgan fingerprint density at radius 1 is 0.363 bits per heavy atom. The second-order valence-electron chi connectivity index (χ2n) is 40.6. The highest BCUT2D eigenvalue weighted by Gasteiger charge is 2.42. The molecule has 0 bridgehead atoms. The molecule has 146 heavy (non-hydrogen) atoms. The predicted octanol–water partition coefficient (Wildman–Crippen LogP) is 25.0. The second kappa shape index (κ2) is 49.2. The summed E-state index contributed by atoms with van der Waals surface area (Å²) in [5.41, 5.74) is 16.9. The number of likely N-dealkylation sites (N-methyl/N-ethyl adjacent to an activating group) is 1. The van der Waals surface area contributed by atoms with E-state index in [0.29, 0.717) is 108 Å². The van der Waals surface area contributed by atoms with E-state index in [9.17, 15) is 19.2 Å². The first kappa shape index (κ1) is 106. The molecule has 3 fully saturated rings. The van der Waals surface area contributed by atoms with E-state index in [0.717, 1.165) is 222 Å². The molecule has 0 radical (unpaired) electrons. The van der Waals surface area contributed by atoms with Gasteiger partial charge in [-0.15, -0.1) is 0 Å². The van der Waals surface area contributed by atoms with Crippen molar-refractivity contribution in [1.29, 1.82) is 0 Å². The van der Waals surface area contributed by atoms with E-state index >= 15 is 0 Å². The third-order valence-corrected chi connectivity index (χ3v) is 30.1. The third-order valence-electron chi connectivity index (χ3n) is 28.9. The van der Waals surface area contributed by atoms with Gasteiger partial charge in [0.1, 0.15) is 52.9 Å². The summed E-state index contributed by atoms with van der Waals surface area (Å²) in [5, 5.41) is 7.85. The zero-order valence-corrected chi connectivity index (χ0v) is 89.4. The van der Waals surface area contributed by atoms with Crippen LogP contribution in [0.2, 0.25) is 25.1 Å². The van der Waals surface area contributed by atoms with Crippen molar-refractivity contribution in [2.24, 2.45) is 17.3 Å². The quantitative estimate of drug-likeness (QED) is 0.0291. The fourth-order valence-corrected chi connectivity index (χ4v) is 22.3. The van der Waals surface area contributed by atoms with Crippen LogP contribution in [-0.2, 0) is 39.9 Å². The molecule has 30 heteroatoms. The zero-order valence-electron chi connectivity index (χ0n) is 85.6. The van der Waals surface area contributed by atoms with Crippen LogP contribution >= 0.6 is 58.0 Å². The minimum Gasteiger partial charge on any atom is -0.494 e. The SMILES string of the molecule is CCN(CC)CCCOc1ccc(C2c3[nH]c4ccc(Cl)cc4c3CCN2C(=O)Oc2ccc(Cl)cc2)cc1.CCOC(=O)N1CCc2c([nH]c3ccc(Cl)cc23)C1c1ccc(OCC2CCCN(C)C2)cc1.CCOC(=O)N1CCc2c([nH]c3ccc(Cl)cc23)C1c1ccc(OCCCN2CCN(C)CC2)cc1.CN1CCCC(COc2ccc(C3c4[nH]c5ccc(Cl)cc5c4CCN3C(=O)OCC(C)(C)C)cc2)C1. The number of piperazine rings is 1. The first-order valence-corrected chi connectivity index (χ1v) is 53.8. The molecule has 774 valence electrons. The number of nitrogens with one attached hydrogen (secondary N) is 4. The molecule has 4 N–H and O–H groups in total. The molecule has 13 aromatic rings. The van der Waals surface area contributed by atoms with Crippen molar-refractivity contribution in [3.8, 4) is 28.7 Å². The van der Waals surface area contributed by atoms with Gasteiger partial charge in [-0.1, -0.05) is 141 Å². The Balaban J connectivity index is 0.000000133. The summed E-state index contributed by atoms with van der Waals surface area (Å²) in [6.45, 7) is 33.6. The van der Waals surface area contributed by atoms with Gasteiger partial charge < -0.3 is 82.3 Å². The summed E-state index contributed by atoms with van der Waals surface area (Å²) in [7, 11) is 6.53. The summed E-state index contributed by atoms with van der Waals surface area (Å²) in [5.74, 6) is 4.96. The molecule has 0 aliphatic carbocycles. The lowest BCUT2D eigenvalue weighted by Gasteiger charge is -2.36. The van der Waals surface area contributed by atoms with Crippen LogP contribution < -0.4 is 23.7 Å². The number of aromatic amines is 4. The number of likely N-dealkylation sites (tertiary alicyclic amines) is 2. The monoisotopic (exact) mass is 2080 g/mol. The highest BCUT2D eigenvalue weighted by molar-refractivity contribution is 6.32. The maximum atomic E-state index is 13.5. The number of fused-ring (bicyclic) bond motifs is 12. The Morgan fingerprint density at radius 2 is 0.685 bits per heavy atom. The van der Waals surface area contributed by atoms with Gasteiger partial charge in [0.15, 0.2) is 0 Å². The maximum Gasteiger partial charge on any atom is 0.416 e. The number of piperidine rings is 2. The van der Waals surface area contributed by atoms with E-state index in [-0.39, 0.29) is 47.9 Å². The number of ether oxygens (including phenoxy) is 8. The van der Waals surface area contributed by atoms with Crippen LogP contribution in [0.3, 0.4) is 0 Å². The minimum atomic E-state index is -0.415. The maximum absolute atomic E-state index is 13.5. The van der Waals surface area contributed by atoms with Crippen molar-refractivity contribution in [2.45, 2.75) is 137 Å². The molecule has 20 rings (SSSR count). The molecule has 7 aliphatic heterocycles. The number of hydrogen-bond acceptors (Lipinski definition) is 17. The van der Waals surface area contributed by atoms with Gasteiger partial charge in [-0.05, 0) is 321 Å². The summed E-state index contributed by atoms with van der Waals surface area (Å²) >= 11 is 31.3. The number of carbonyl (C=O) groups excluding carboxylic acids is 4. The molecular weight excluding hydrogens is 1940 g/mol. The fourth-order valence-electron chi connectivity index (χ4n) is 21.5. The number of aromatic nitrogens is 4. The Kier molecular flexibility index (Phi) is 35.7. The van der Waals surface area contributed by atoms with Crippen LogP contribution in [0.4, 0.5) is 19.2 Å². The molecule has 11 heterocycles. The van der Waals surface area contributed by atoms with E-state index in [4.69, 9.17) is 95.9 Å². The van der Waals surface area contributed by atoms with Gasteiger partial charge in [0, 0.05) is 182 Å². The number of H-pyrrole nitrogens is 4. The first-order valence-electron chi connectivity index (χ1n) is 51.9. The Morgan fingerprint density at radius 3 is 1.02 bits per heavy atom. The van der Waals surface area contributed by atoms with Gasteiger partial charge in [-0.3, -0.25) is 19.6 Å². The Bertz CT molecular complexity index is 6580. The molecule has 4 amide bonds. The van der Waals surface area contributed by atoms with Gasteiger partial charge in [-0.2, -0.15) is 0 Å². The van der Waals surface area contributed by atoms with Gasteiger partial charge in [0.25, 0.3) is 0 Å². The smallest absolute Gasteiger partial charge is 0.416 e. The molecule has 0 spiro atoms. The molecule has 25 nitrogen and oxygen atoms in total. The lowest BCUT2D eigenvalue weighted by Crippen LogP contribution is -2.44. The number of nitrogens with zero attached hydrogens (tertiary/aromatic N) is 9. The van der Waals surface area contributed by atoms with Gasteiger partial charge >= 0.3 is 24.4 Å². The van der Waals surface area contributed by atoms with Crippen LogP contribution in [0.5, 0.6) is 28.7 Å². The average Bonchev–Trinajstić information content (AvgIpc) is 1.64. The van der Waals surface area contributed by atoms with Gasteiger partial charge in [0.2, 0.25) is 0 Å². The van der Waals surface area contributed by atoms with E-state index < -0.39 is 6.09 Å². The summed E-state index contributed by atoms with van der Waals surface area (Å²) in [6.07, 6.45) is 8.50. The molecule has 3 saturated heterocycles. The van der Waals surface area contributed by atoms with Crippen molar-refractivity contribution < 1.29 is 57.1 Å². The number of benzene rings is 9. The molecule has 7 aliphatic rings. The average molecular weight is 2080 g/mol. The second-order valence-corrected chi connectivity index (χ2v) is 42.7. The number of rotatable bonds is 26. The van der Waals surface area contributed by atoms with Crippen LogP contribution in [0.1, 0.15) is 178 Å². The highest BCUT2D eigenvalue weighted by Crippen LogP contribution is 2.47. The van der Waals surface area contributed by atoms with Crippen molar-refractivity contribution in [2.75, 3.05) is 172 Å². The minimum absolute atomic E-state index is 0.101. The molecule has 9 aromatic carbocycles. The molecule has 6 atom stereocenters. The zero-order chi connectivity index (χ0) is 102. The third kappa shape index (κ3) is 26.1. The van der Waals surface area contributed by atoms with Crippen LogP contribution in [0.25, 0.3) is 43.6 Å². The largest absolute Gasteiger partial charge is 0.494 e. The molecular formula is C116H138Cl5N13O12. The van der Waals surface area contributed by atoms with Crippen molar-refractivity contribution in [1.82, 2.24) is 64.0 Å². The Labute approximate surface area is 882 Å². The summed E-state index contributed by atoms with van der Waals surface area (Å²) < 4.78 is 46.7. The normalized spacial score (nSPS) is 18.7. The molecule has 4 aromatic heterocycles. The van der Waals surface area contributed by atoms with Crippen molar-refractivity contribution >= 4 is 126 Å². The predicted molar refractivity (Wildman–Crippen MR) is 584 cm³/mol. The lowest BCUT2D eigenvalue weighted by molar-refractivity contribution is 0.0621. The number of amides is 4. The summed E-state index contributed by atoms with van der Waals surface area (Å²) in [4.78, 5) is 86.1. The van der Waals surface area contributed by atoms with E-state index in [1.807, 2.05) is 162 Å². The number of hydrogen-bond donors (Lipinski definition) is 4. The van der Waals surface area contributed by atoms with Crippen LogP contribution in [0.15, 0.2) is 194 Å². The standard InChI is InChI=1S/C31H33Cl2N3O3.C30H38ClN3O3.C28H35ClN4O3.C27H32ClN3O3/c1-3-35(4-2)17-5-19-38-24-11-6-21(7-12-24)30-29-26(27-20-23(33)10-15-28(27)34-29)16-18-36(30)31(37)39-25-13-8-22(32)9-14-25;1-30(2,3)19-37-29(35)34-15-13-24-25-16-22(31)9-12-26(25)32-27(24)28(34)21-7-10-23(11-8-21)36-18-20-6-5-14-33(4)17-20;1-3-35-28(34)33-13-11-23-24-19-21(29)7-10-25(24)30-26(23)27(33)20-5-8-22(9-6-20)36-18-4-12-32-16-14-31(2)15-17-32;1-3-33-27(32)31-14-12-22-23-15-20(28)8-11-24(23)29-25(22)26(31)19-6-9-21(10-7-19)34-17-18-5-4-13-30(2)16-18/h6-15,20,30,34H,3-5,16-19H2,1-2H3;7-12,16,20,28,32H,5-6,13-15,17-19H2,1-4H3;5-10,19,27,30H,3-4,11-18H2,1-2H3;6-11,15,18,26,29H,3-5,12-14,16-17H2,1-2H3. The van der Waals surface area contributed by atoms with E-state index in [1.54, 1.807) is 29.2 Å². The van der Waals surface area contributed by atoms with E-state index in [1.165, 1.54) is 61.0 Å².